The number of amides is 1. The van der Waals surface area contributed by atoms with E-state index in [1.54, 1.807) is 0 Å². The summed E-state index contributed by atoms with van der Waals surface area (Å²) < 4.78 is 27.0. The molecule has 1 N–H and O–H groups in total. The first-order chi connectivity index (χ1) is 10.0. The Kier molecular flexibility index (Phi) is 5.13. The summed E-state index contributed by atoms with van der Waals surface area (Å²) in [5.41, 5.74) is -0.437. The molecule has 1 saturated carbocycles. The van der Waals surface area contributed by atoms with Gasteiger partial charge in [-0.15, -0.1) is 0 Å². The number of carbonyl (C=O) groups excluding carboxylic acids is 1. The lowest BCUT2D eigenvalue weighted by atomic mass is 9.84. The molecule has 0 aliphatic heterocycles. The molecule has 112 valence electrons. The summed E-state index contributed by atoms with van der Waals surface area (Å²) in [6.45, 7) is 0. The van der Waals surface area contributed by atoms with E-state index in [4.69, 9.17) is 11.6 Å². The van der Waals surface area contributed by atoms with Crippen LogP contribution in [0.3, 0.4) is 0 Å². The van der Waals surface area contributed by atoms with Gasteiger partial charge in [-0.1, -0.05) is 30.9 Å². The average Bonchev–Trinajstić information content (AvgIpc) is 2.49. The van der Waals surface area contributed by atoms with Gasteiger partial charge in [-0.25, -0.2) is 8.78 Å². The number of hydrogen-bond acceptors (Lipinski definition) is 2. The highest BCUT2D eigenvalue weighted by atomic mass is 35.5. The van der Waals surface area contributed by atoms with Gasteiger partial charge in [0.2, 0.25) is 0 Å². The number of carbonyl (C=O) groups is 1. The molecular formula is C15H15ClF2N2O. The molecule has 0 aromatic heterocycles. The normalized spacial score (nSPS) is 17.0. The van der Waals surface area contributed by atoms with Crippen molar-refractivity contribution in [3.63, 3.8) is 0 Å². The molecule has 1 unspecified atom stereocenters. The van der Waals surface area contributed by atoms with E-state index in [9.17, 15) is 18.8 Å². The van der Waals surface area contributed by atoms with Crippen molar-refractivity contribution in [1.82, 2.24) is 5.32 Å². The van der Waals surface area contributed by atoms with E-state index in [1.807, 2.05) is 6.07 Å². The first-order valence-corrected chi connectivity index (χ1v) is 7.25. The molecular weight excluding hydrogens is 298 g/mol. The molecule has 0 spiro atoms. The predicted octanol–water partition coefficient (Wildman–Crippen LogP) is 3.82. The molecule has 1 aromatic carbocycles. The molecule has 6 heteroatoms. The SMILES string of the molecule is N#CC(NC(=O)c1cc(F)c(Cl)cc1F)C1CCCCC1. The second kappa shape index (κ2) is 6.86. The minimum absolute atomic E-state index is 0.0629. The highest BCUT2D eigenvalue weighted by Crippen LogP contribution is 2.27. The second-order valence-electron chi connectivity index (χ2n) is 5.22. The maximum atomic E-state index is 13.7. The molecule has 0 heterocycles. The Bertz CT molecular complexity index is 580. The van der Waals surface area contributed by atoms with E-state index in [2.05, 4.69) is 5.32 Å². The van der Waals surface area contributed by atoms with Crippen LogP contribution in [0.25, 0.3) is 0 Å². The molecule has 1 aliphatic rings. The molecule has 21 heavy (non-hydrogen) atoms. The third kappa shape index (κ3) is 3.70. The van der Waals surface area contributed by atoms with Gasteiger partial charge in [0.05, 0.1) is 16.7 Å². The molecule has 2 rings (SSSR count). The minimum Gasteiger partial charge on any atom is -0.336 e. The Hall–Kier alpha value is -1.67. The zero-order valence-corrected chi connectivity index (χ0v) is 12.1. The quantitative estimate of drug-likeness (QED) is 0.863. The van der Waals surface area contributed by atoms with Crippen molar-refractivity contribution in [2.24, 2.45) is 5.92 Å². The maximum absolute atomic E-state index is 13.7. The van der Waals surface area contributed by atoms with Crippen molar-refractivity contribution < 1.29 is 13.6 Å². The minimum atomic E-state index is -0.903. The van der Waals surface area contributed by atoms with Crippen LogP contribution < -0.4 is 5.32 Å². The Balaban J connectivity index is 2.13. The lowest BCUT2D eigenvalue weighted by Crippen LogP contribution is -2.40. The number of rotatable bonds is 3. The van der Waals surface area contributed by atoms with Gasteiger partial charge < -0.3 is 5.32 Å². The van der Waals surface area contributed by atoms with Gasteiger partial charge in [0.15, 0.2) is 0 Å². The molecule has 3 nitrogen and oxygen atoms in total. The Morgan fingerprint density at radius 2 is 1.95 bits per heavy atom. The van der Waals surface area contributed by atoms with Crippen LogP contribution in [-0.2, 0) is 0 Å². The van der Waals surface area contributed by atoms with E-state index < -0.39 is 29.1 Å². The van der Waals surface area contributed by atoms with Gasteiger partial charge in [-0.3, -0.25) is 4.79 Å². The molecule has 1 fully saturated rings. The van der Waals surface area contributed by atoms with E-state index in [-0.39, 0.29) is 10.9 Å². The summed E-state index contributed by atoms with van der Waals surface area (Å²) in [6, 6.07) is 2.87. The fourth-order valence-corrected chi connectivity index (χ4v) is 2.79. The zero-order valence-electron chi connectivity index (χ0n) is 11.3. The van der Waals surface area contributed by atoms with Gasteiger partial charge in [-0.05, 0) is 30.9 Å². The molecule has 0 radical (unpaired) electrons. The molecule has 0 bridgehead atoms. The Labute approximate surface area is 126 Å². The first kappa shape index (κ1) is 15.7. The fraction of sp³-hybridized carbons (Fsp3) is 0.467. The summed E-state index contributed by atoms with van der Waals surface area (Å²) in [4.78, 5) is 12.0. The van der Waals surface area contributed by atoms with Gasteiger partial charge in [0.25, 0.3) is 5.91 Å². The maximum Gasteiger partial charge on any atom is 0.255 e. The summed E-state index contributed by atoms with van der Waals surface area (Å²) in [7, 11) is 0. The lowest BCUT2D eigenvalue weighted by Gasteiger charge is -2.26. The standard InChI is InChI=1S/C15H15ClF2N2O/c16-11-7-12(17)10(6-13(11)18)15(21)20-14(8-19)9-4-2-1-3-5-9/h6-7,9,14H,1-5H2,(H,20,21). The van der Waals surface area contributed by atoms with E-state index in [0.29, 0.717) is 0 Å². The van der Waals surface area contributed by atoms with Gasteiger partial charge in [0.1, 0.15) is 17.7 Å². The highest BCUT2D eigenvalue weighted by molar-refractivity contribution is 6.30. The number of nitriles is 1. The smallest absolute Gasteiger partial charge is 0.255 e. The van der Waals surface area contributed by atoms with Crippen LogP contribution in [0, 0.1) is 28.9 Å². The van der Waals surface area contributed by atoms with Crippen molar-refractivity contribution >= 4 is 17.5 Å². The van der Waals surface area contributed by atoms with Crippen molar-refractivity contribution in [3.8, 4) is 6.07 Å². The third-order valence-electron chi connectivity index (χ3n) is 3.80. The monoisotopic (exact) mass is 312 g/mol. The van der Waals surface area contributed by atoms with Crippen LogP contribution in [0.5, 0.6) is 0 Å². The van der Waals surface area contributed by atoms with E-state index in [0.717, 1.165) is 44.2 Å². The summed E-state index contributed by atoms with van der Waals surface area (Å²) in [5.74, 6) is -2.50. The van der Waals surface area contributed by atoms with Gasteiger partial charge in [-0.2, -0.15) is 5.26 Å². The van der Waals surface area contributed by atoms with Gasteiger partial charge in [0, 0.05) is 0 Å². The highest BCUT2D eigenvalue weighted by Gasteiger charge is 2.26. The Morgan fingerprint density at radius 3 is 2.57 bits per heavy atom. The predicted molar refractivity (Wildman–Crippen MR) is 74.8 cm³/mol. The van der Waals surface area contributed by atoms with Crippen LogP contribution in [0.1, 0.15) is 42.5 Å². The van der Waals surface area contributed by atoms with Crippen LogP contribution in [-0.4, -0.2) is 11.9 Å². The van der Waals surface area contributed by atoms with E-state index in [1.165, 1.54) is 0 Å². The van der Waals surface area contributed by atoms with Crippen LogP contribution in [0.2, 0.25) is 5.02 Å². The molecule has 1 atom stereocenters. The Morgan fingerprint density at radius 1 is 1.29 bits per heavy atom. The molecule has 1 amide bonds. The average molecular weight is 313 g/mol. The molecule has 0 saturated heterocycles. The first-order valence-electron chi connectivity index (χ1n) is 6.88. The number of halogens is 3. The van der Waals surface area contributed by atoms with E-state index >= 15 is 0 Å². The van der Waals surface area contributed by atoms with Crippen LogP contribution in [0.15, 0.2) is 12.1 Å². The van der Waals surface area contributed by atoms with Gasteiger partial charge >= 0.3 is 0 Å². The number of hydrogen-bond donors (Lipinski definition) is 1. The van der Waals surface area contributed by atoms with Crippen molar-refractivity contribution in [2.45, 2.75) is 38.1 Å². The lowest BCUT2D eigenvalue weighted by molar-refractivity contribution is 0.0924. The van der Waals surface area contributed by atoms with Crippen LogP contribution in [0.4, 0.5) is 8.78 Å². The van der Waals surface area contributed by atoms with Crippen molar-refractivity contribution in [1.29, 1.82) is 5.26 Å². The largest absolute Gasteiger partial charge is 0.336 e. The topological polar surface area (TPSA) is 52.9 Å². The van der Waals surface area contributed by atoms with Crippen molar-refractivity contribution in [2.75, 3.05) is 0 Å². The summed E-state index contributed by atoms with van der Waals surface area (Å²) in [5, 5.41) is 11.3. The molecule has 1 aromatic rings. The summed E-state index contributed by atoms with van der Waals surface area (Å²) >= 11 is 5.45. The number of nitrogens with one attached hydrogen (secondary N) is 1. The second-order valence-corrected chi connectivity index (χ2v) is 5.63. The van der Waals surface area contributed by atoms with Crippen molar-refractivity contribution in [3.05, 3.63) is 34.4 Å². The number of nitrogens with zero attached hydrogens (tertiary/aromatic N) is 1. The summed E-state index contributed by atoms with van der Waals surface area (Å²) in [6.07, 6.45) is 4.87. The zero-order chi connectivity index (χ0) is 15.4. The van der Waals surface area contributed by atoms with Crippen LogP contribution >= 0.6 is 11.6 Å². The fourth-order valence-electron chi connectivity index (χ4n) is 2.64. The third-order valence-corrected chi connectivity index (χ3v) is 4.09. The number of benzene rings is 1. The molecule has 1 aliphatic carbocycles.